The molecule has 10 heteroatoms. The Bertz CT molecular complexity index is 1240. The molecule has 0 aliphatic carbocycles. The molecule has 0 radical (unpaired) electrons. The number of carbonyl (C=O) groups excluding carboxylic acids is 1. The first kappa shape index (κ1) is 21.7. The molecule has 33 heavy (non-hydrogen) atoms. The van der Waals surface area contributed by atoms with Gasteiger partial charge in [0.1, 0.15) is 19.3 Å². The average Bonchev–Trinajstić information content (AvgIpc) is 3.21. The number of rotatable bonds is 5. The SMILES string of the molecule is CCSc1nc2n(n1)C(c1ccc3c(c1)OCCO3)C(C(=O)Nc1ccc(Cl)cc1)=C(C)N2. The van der Waals surface area contributed by atoms with Gasteiger partial charge in [0.25, 0.3) is 5.91 Å². The van der Waals surface area contributed by atoms with Gasteiger partial charge in [-0.2, -0.15) is 4.98 Å². The Kier molecular flexibility index (Phi) is 5.90. The number of ether oxygens (including phenoxy) is 2. The predicted octanol–water partition coefficient (Wildman–Crippen LogP) is 4.74. The fourth-order valence-electron chi connectivity index (χ4n) is 3.89. The van der Waals surface area contributed by atoms with Gasteiger partial charge in [-0.25, -0.2) is 4.68 Å². The minimum Gasteiger partial charge on any atom is -0.486 e. The van der Waals surface area contributed by atoms with Crippen LogP contribution < -0.4 is 20.1 Å². The van der Waals surface area contributed by atoms with Crippen LogP contribution in [0, 0.1) is 0 Å². The number of nitrogens with zero attached hydrogens (tertiary/aromatic N) is 3. The number of halogens is 1. The third-order valence-corrected chi connectivity index (χ3v) is 6.31. The molecule has 1 unspecified atom stereocenters. The van der Waals surface area contributed by atoms with Crippen LogP contribution in [0.25, 0.3) is 0 Å². The van der Waals surface area contributed by atoms with Crippen molar-refractivity contribution >= 4 is 40.9 Å². The van der Waals surface area contributed by atoms with E-state index in [-0.39, 0.29) is 5.91 Å². The molecule has 3 heterocycles. The normalized spacial score (nSPS) is 16.8. The van der Waals surface area contributed by atoms with Gasteiger partial charge in [0.05, 0.1) is 5.57 Å². The van der Waals surface area contributed by atoms with E-state index in [1.807, 2.05) is 32.0 Å². The van der Waals surface area contributed by atoms with Gasteiger partial charge in [-0.1, -0.05) is 36.4 Å². The van der Waals surface area contributed by atoms with Gasteiger partial charge in [-0.05, 0) is 54.6 Å². The van der Waals surface area contributed by atoms with Crippen molar-refractivity contribution in [1.29, 1.82) is 0 Å². The zero-order valence-corrected chi connectivity index (χ0v) is 19.7. The topological polar surface area (TPSA) is 90.3 Å². The Morgan fingerprint density at radius 3 is 2.73 bits per heavy atom. The van der Waals surface area contributed by atoms with Crippen molar-refractivity contribution in [2.24, 2.45) is 0 Å². The Morgan fingerprint density at radius 1 is 1.21 bits per heavy atom. The number of hydrogen-bond donors (Lipinski definition) is 2. The maximum Gasteiger partial charge on any atom is 0.255 e. The van der Waals surface area contributed by atoms with Crippen LogP contribution in [0.1, 0.15) is 25.5 Å². The van der Waals surface area contributed by atoms with Crippen LogP contribution >= 0.6 is 23.4 Å². The van der Waals surface area contributed by atoms with Gasteiger partial charge in [-0.15, -0.1) is 5.10 Å². The van der Waals surface area contributed by atoms with Crippen LogP contribution in [0.2, 0.25) is 5.02 Å². The molecule has 0 fully saturated rings. The Morgan fingerprint density at radius 2 is 1.97 bits per heavy atom. The minimum absolute atomic E-state index is 0.243. The molecular weight excluding hydrogens is 462 g/mol. The van der Waals surface area contributed by atoms with Crippen molar-refractivity contribution in [3.05, 3.63) is 64.3 Å². The largest absolute Gasteiger partial charge is 0.486 e. The molecule has 2 aliphatic rings. The summed E-state index contributed by atoms with van der Waals surface area (Å²) in [4.78, 5) is 18.1. The van der Waals surface area contributed by atoms with Gasteiger partial charge in [-0.3, -0.25) is 4.79 Å². The Labute approximate surface area is 200 Å². The molecule has 1 aromatic heterocycles. The number of carbonyl (C=O) groups is 1. The maximum absolute atomic E-state index is 13.5. The van der Waals surface area contributed by atoms with Crippen molar-refractivity contribution in [3.8, 4) is 11.5 Å². The van der Waals surface area contributed by atoms with Gasteiger partial charge in [0.15, 0.2) is 11.5 Å². The molecule has 0 bridgehead atoms. The van der Waals surface area contributed by atoms with E-state index in [2.05, 4.69) is 15.6 Å². The molecule has 0 saturated carbocycles. The standard InChI is InChI=1S/C23H22ClN5O3S/c1-3-33-23-27-22-25-13(2)19(21(30)26-16-7-5-15(24)6-8-16)20(29(22)28-23)14-4-9-17-18(12-14)32-11-10-31-17/h4-9,12,20H,3,10-11H2,1-2H3,(H,26,30)(H,25,27,28). The molecule has 1 atom stereocenters. The second-order valence-electron chi connectivity index (χ2n) is 7.53. The zero-order valence-electron chi connectivity index (χ0n) is 18.1. The first-order valence-electron chi connectivity index (χ1n) is 10.6. The molecule has 0 spiro atoms. The van der Waals surface area contributed by atoms with Crippen LogP contribution in [0.5, 0.6) is 11.5 Å². The van der Waals surface area contributed by atoms with E-state index in [0.29, 0.717) is 57.8 Å². The zero-order chi connectivity index (χ0) is 22.9. The smallest absolute Gasteiger partial charge is 0.255 e. The van der Waals surface area contributed by atoms with Gasteiger partial charge in [0.2, 0.25) is 11.1 Å². The fraction of sp³-hybridized carbons (Fsp3) is 0.261. The summed E-state index contributed by atoms with van der Waals surface area (Å²) in [6.45, 7) is 4.91. The molecule has 2 N–H and O–H groups in total. The highest BCUT2D eigenvalue weighted by Gasteiger charge is 2.35. The summed E-state index contributed by atoms with van der Waals surface area (Å²) < 4.78 is 13.2. The quantitative estimate of drug-likeness (QED) is 0.506. The van der Waals surface area contributed by atoms with E-state index in [0.717, 1.165) is 11.3 Å². The summed E-state index contributed by atoms with van der Waals surface area (Å²) in [7, 11) is 0. The monoisotopic (exact) mass is 483 g/mol. The summed E-state index contributed by atoms with van der Waals surface area (Å²) in [5.41, 5.74) is 2.74. The number of thioether (sulfide) groups is 1. The number of fused-ring (bicyclic) bond motifs is 2. The van der Waals surface area contributed by atoms with E-state index < -0.39 is 6.04 Å². The molecule has 8 nitrogen and oxygen atoms in total. The molecular formula is C23H22ClN5O3S. The van der Waals surface area contributed by atoms with Crippen LogP contribution in [0.15, 0.2) is 58.9 Å². The van der Waals surface area contributed by atoms with Crippen molar-refractivity contribution in [3.63, 3.8) is 0 Å². The Hall–Kier alpha value is -3.17. The minimum atomic E-state index is -0.497. The van der Waals surface area contributed by atoms with E-state index in [9.17, 15) is 4.79 Å². The lowest BCUT2D eigenvalue weighted by Gasteiger charge is -2.29. The number of allylic oxidation sites excluding steroid dienone is 1. The molecule has 3 aromatic rings. The Balaban J connectivity index is 1.57. The average molecular weight is 484 g/mol. The maximum atomic E-state index is 13.5. The van der Waals surface area contributed by atoms with Crippen LogP contribution in [0.3, 0.4) is 0 Å². The first-order valence-corrected chi connectivity index (χ1v) is 11.9. The highest BCUT2D eigenvalue weighted by molar-refractivity contribution is 7.99. The van der Waals surface area contributed by atoms with E-state index in [1.165, 1.54) is 0 Å². The van der Waals surface area contributed by atoms with Crippen molar-refractivity contribution in [2.75, 3.05) is 29.6 Å². The van der Waals surface area contributed by atoms with Crippen LogP contribution in [-0.2, 0) is 4.79 Å². The van der Waals surface area contributed by atoms with Crippen molar-refractivity contribution in [1.82, 2.24) is 14.8 Å². The van der Waals surface area contributed by atoms with Gasteiger partial charge in [0, 0.05) is 16.4 Å². The van der Waals surface area contributed by atoms with Crippen LogP contribution in [-0.4, -0.2) is 39.6 Å². The number of anilines is 2. The molecule has 0 saturated heterocycles. The fourth-order valence-corrected chi connectivity index (χ4v) is 4.57. The lowest BCUT2D eigenvalue weighted by molar-refractivity contribution is -0.113. The number of amides is 1. The third kappa shape index (κ3) is 4.26. The van der Waals surface area contributed by atoms with Gasteiger partial charge >= 0.3 is 0 Å². The molecule has 5 rings (SSSR count). The van der Waals surface area contributed by atoms with E-state index in [4.69, 9.17) is 26.2 Å². The first-order chi connectivity index (χ1) is 16.0. The van der Waals surface area contributed by atoms with E-state index >= 15 is 0 Å². The third-order valence-electron chi connectivity index (χ3n) is 5.34. The van der Waals surface area contributed by atoms with Crippen LogP contribution in [0.4, 0.5) is 11.6 Å². The summed E-state index contributed by atoms with van der Waals surface area (Å²) in [6, 6.07) is 12.2. The highest BCUT2D eigenvalue weighted by atomic mass is 35.5. The molecule has 2 aromatic carbocycles. The van der Waals surface area contributed by atoms with E-state index in [1.54, 1.807) is 40.7 Å². The number of nitrogens with one attached hydrogen (secondary N) is 2. The lowest BCUT2D eigenvalue weighted by Crippen LogP contribution is -2.31. The molecule has 170 valence electrons. The number of hydrogen-bond acceptors (Lipinski definition) is 7. The summed E-state index contributed by atoms with van der Waals surface area (Å²) >= 11 is 7.54. The summed E-state index contributed by atoms with van der Waals surface area (Å²) in [6.07, 6.45) is 0. The number of benzene rings is 2. The second-order valence-corrected chi connectivity index (χ2v) is 9.19. The van der Waals surface area contributed by atoms with Gasteiger partial charge < -0.3 is 20.1 Å². The molecule has 2 aliphatic heterocycles. The second kappa shape index (κ2) is 8.99. The molecule has 1 amide bonds. The highest BCUT2D eigenvalue weighted by Crippen LogP contribution is 2.40. The lowest BCUT2D eigenvalue weighted by atomic mass is 9.94. The van der Waals surface area contributed by atoms with Crippen molar-refractivity contribution in [2.45, 2.75) is 25.0 Å². The predicted molar refractivity (Wildman–Crippen MR) is 128 cm³/mol. The number of aromatic nitrogens is 3. The van der Waals surface area contributed by atoms with Crippen molar-refractivity contribution < 1.29 is 14.3 Å². The summed E-state index contributed by atoms with van der Waals surface area (Å²) in [5, 5.41) is 12.2. The summed E-state index contributed by atoms with van der Waals surface area (Å²) in [5.74, 6) is 2.53.